The minimum absolute atomic E-state index is 0.141. The van der Waals surface area contributed by atoms with E-state index in [9.17, 15) is 18.8 Å². The maximum atomic E-state index is 13.4. The number of aromatic nitrogens is 1. The van der Waals surface area contributed by atoms with Gasteiger partial charge in [0, 0.05) is 18.2 Å². The zero-order chi connectivity index (χ0) is 19.6. The van der Waals surface area contributed by atoms with Crippen molar-refractivity contribution in [2.75, 3.05) is 10.6 Å². The number of nitrogens with one attached hydrogen (secondary N) is 2. The molecule has 142 valence electrons. The van der Waals surface area contributed by atoms with Gasteiger partial charge in [0.2, 0.25) is 5.91 Å². The van der Waals surface area contributed by atoms with E-state index in [4.69, 9.17) is 9.26 Å². The van der Waals surface area contributed by atoms with Gasteiger partial charge in [0.05, 0.1) is 5.92 Å². The maximum absolute atomic E-state index is 13.4. The summed E-state index contributed by atoms with van der Waals surface area (Å²) in [4.78, 5) is 36.8. The van der Waals surface area contributed by atoms with Gasteiger partial charge in [-0.2, -0.15) is 0 Å². The highest BCUT2D eigenvalue weighted by Crippen LogP contribution is 2.34. The number of benzene rings is 1. The van der Waals surface area contributed by atoms with Gasteiger partial charge in [-0.25, -0.2) is 4.39 Å². The third-order valence-electron chi connectivity index (χ3n) is 4.14. The standard InChI is InChI=1S/C18H18FN3O5/c1-3-14(17(24)21-15-6-9(2)27-22-15)26-18(25)12-8-16(23)20-13-7-10(19)4-5-11(12)13/h4-7,12,14H,3,8H2,1-2H3,(H,20,23)(H,21,22,24). The zero-order valence-electron chi connectivity index (χ0n) is 14.7. The molecule has 0 saturated heterocycles. The van der Waals surface area contributed by atoms with Crippen molar-refractivity contribution in [2.24, 2.45) is 0 Å². The molecular weight excluding hydrogens is 357 g/mol. The fraction of sp³-hybridized carbons (Fsp3) is 0.333. The van der Waals surface area contributed by atoms with Gasteiger partial charge in [-0.15, -0.1) is 0 Å². The smallest absolute Gasteiger partial charge is 0.314 e. The number of carbonyl (C=O) groups excluding carboxylic acids is 3. The second-order valence-electron chi connectivity index (χ2n) is 6.18. The van der Waals surface area contributed by atoms with Crippen LogP contribution in [-0.4, -0.2) is 29.0 Å². The molecule has 2 unspecified atom stereocenters. The zero-order valence-corrected chi connectivity index (χ0v) is 14.7. The first kappa shape index (κ1) is 18.6. The molecule has 2 N–H and O–H groups in total. The quantitative estimate of drug-likeness (QED) is 0.777. The van der Waals surface area contributed by atoms with Crippen LogP contribution in [0.3, 0.4) is 0 Å². The van der Waals surface area contributed by atoms with Crippen molar-refractivity contribution in [1.29, 1.82) is 0 Å². The number of fused-ring (bicyclic) bond motifs is 1. The first-order chi connectivity index (χ1) is 12.9. The van der Waals surface area contributed by atoms with Crippen molar-refractivity contribution in [1.82, 2.24) is 5.16 Å². The second-order valence-corrected chi connectivity index (χ2v) is 6.18. The lowest BCUT2D eigenvalue weighted by Crippen LogP contribution is -2.36. The van der Waals surface area contributed by atoms with Gasteiger partial charge in [-0.05, 0) is 31.0 Å². The number of nitrogens with zero attached hydrogens (tertiary/aromatic N) is 1. The van der Waals surface area contributed by atoms with E-state index >= 15 is 0 Å². The minimum Gasteiger partial charge on any atom is -0.452 e. The van der Waals surface area contributed by atoms with E-state index in [1.54, 1.807) is 13.8 Å². The van der Waals surface area contributed by atoms with Gasteiger partial charge in [-0.1, -0.05) is 18.1 Å². The number of aryl methyl sites for hydroxylation is 1. The summed E-state index contributed by atoms with van der Waals surface area (Å²) < 4.78 is 23.6. The van der Waals surface area contributed by atoms with Crippen molar-refractivity contribution < 1.29 is 28.0 Å². The Hall–Kier alpha value is -3.23. The van der Waals surface area contributed by atoms with Crippen LogP contribution in [-0.2, 0) is 19.1 Å². The molecule has 2 amide bonds. The molecular formula is C18H18FN3O5. The Balaban J connectivity index is 1.73. The van der Waals surface area contributed by atoms with Crippen LogP contribution < -0.4 is 10.6 Å². The number of rotatable bonds is 5. The lowest BCUT2D eigenvalue weighted by molar-refractivity contribution is -0.156. The van der Waals surface area contributed by atoms with E-state index in [-0.39, 0.29) is 24.3 Å². The third-order valence-corrected chi connectivity index (χ3v) is 4.14. The fourth-order valence-electron chi connectivity index (χ4n) is 2.82. The Labute approximate surface area is 154 Å². The lowest BCUT2D eigenvalue weighted by atomic mass is 9.90. The summed E-state index contributed by atoms with van der Waals surface area (Å²) in [5, 5.41) is 8.69. The Morgan fingerprint density at radius 3 is 2.89 bits per heavy atom. The Kier molecular flexibility index (Phi) is 5.20. The van der Waals surface area contributed by atoms with E-state index in [0.29, 0.717) is 11.3 Å². The molecule has 0 saturated carbocycles. The molecule has 1 aliphatic heterocycles. The van der Waals surface area contributed by atoms with Crippen molar-refractivity contribution in [3.05, 3.63) is 41.4 Å². The van der Waals surface area contributed by atoms with Gasteiger partial charge in [0.25, 0.3) is 5.91 Å². The summed E-state index contributed by atoms with van der Waals surface area (Å²) in [6.45, 7) is 3.36. The Morgan fingerprint density at radius 2 is 2.22 bits per heavy atom. The van der Waals surface area contributed by atoms with E-state index < -0.39 is 35.6 Å². The number of amides is 2. The van der Waals surface area contributed by atoms with Gasteiger partial charge in [-0.3, -0.25) is 14.4 Å². The maximum Gasteiger partial charge on any atom is 0.314 e. The molecule has 3 rings (SSSR count). The number of anilines is 2. The summed E-state index contributed by atoms with van der Waals surface area (Å²) in [6.07, 6.45) is -0.981. The molecule has 0 spiro atoms. The van der Waals surface area contributed by atoms with Gasteiger partial charge in [0.15, 0.2) is 11.9 Å². The van der Waals surface area contributed by atoms with E-state index in [2.05, 4.69) is 15.8 Å². The van der Waals surface area contributed by atoms with Crippen LogP contribution in [0.5, 0.6) is 0 Å². The predicted octanol–water partition coefficient (Wildman–Crippen LogP) is 2.51. The molecule has 1 aliphatic rings. The molecule has 0 bridgehead atoms. The highest BCUT2D eigenvalue weighted by atomic mass is 19.1. The van der Waals surface area contributed by atoms with E-state index in [1.165, 1.54) is 18.2 Å². The number of hydrogen-bond acceptors (Lipinski definition) is 6. The molecule has 0 aliphatic carbocycles. The predicted molar refractivity (Wildman–Crippen MR) is 92.4 cm³/mol. The largest absolute Gasteiger partial charge is 0.452 e. The van der Waals surface area contributed by atoms with E-state index in [0.717, 1.165) is 6.07 Å². The lowest BCUT2D eigenvalue weighted by Gasteiger charge is -2.25. The average Bonchev–Trinajstić information content (AvgIpc) is 3.02. The first-order valence-corrected chi connectivity index (χ1v) is 8.41. The fourth-order valence-corrected chi connectivity index (χ4v) is 2.82. The molecule has 0 radical (unpaired) electrons. The number of ether oxygens (including phenoxy) is 1. The van der Waals surface area contributed by atoms with Crippen LogP contribution in [0.4, 0.5) is 15.9 Å². The molecule has 2 aromatic rings. The third kappa shape index (κ3) is 4.13. The first-order valence-electron chi connectivity index (χ1n) is 8.41. The topological polar surface area (TPSA) is 111 Å². The van der Waals surface area contributed by atoms with Crippen molar-refractivity contribution in [2.45, 2.75) is 38.7 Å². The minimum atomic E-state index is -1.07. The summed E-state index contributed by atoms with van der Waals surface area (Å²) >= 11 is 0. The van der Waals surface area contributed by atoms with Crippen molar-refractivity contribution in [3.63, 3.8) is 0 Å². The SMILES string of the molecule is CCC(OC(=O)C1CC(=O)Nc2cc(F)ccc21)C(=O)Nc1cc(C)on1. The summed E-state index contributed by atoms with van der Waals surface area (Å²) in [5.41, 5.74) is 0.673. The van der Waals surface area contributed by atoms with Gasteiger partial charge >= 0.3 is 5.97 Å². The molecule has 2 heterocycles. The van der Waals surface area contributed by atoms with Crippen molar-refractivity contribution >= 4 is 29.3 Å². The molecule has 1 aromatic carbocycles. The number of esters is 1. The Bertz CT molecular complexity index is 895. The molecule has 1 aromatic heterocycles. The van der Waals surface area contributed by atoms with Crippen LogP contribution in [0, 0.1) is 12.7 Å². The normalized spacial score (nSPS) is 16.9. The summed E-state index contributed by atoms with van der Waals surface area (Å²) in [7, 11) is 0. The molecule has 27 heavy (non-hydrogen) atoms. The van der Waals surface area contributed by atoms with Crippen LogP contribution in [0.25, 0.3) is 0 Å². The summed E-state index contributed by atoms with van der Waals surface area (Å²) in [6, 6.07) is 5.30. The summed E-state index contributed by atoms with van der Waals surface area (Å²) in [5.74, 6) is -2.42. The molecule has 0 fully saturated rings. The van der Waals surface area contributed by atoms with Gasteiger partial charge < -0.3 is 19.9 Å². The highest BCUT2D eigenvalue weighted by Gasteiger charge is 2.34. The highest BCUT2D eigenvalue weighted by molar-refractivity contribution is 6.01. The monoisotopic (exact) mass is 375 g/mol. The van der Waals surface area contributed by atoms with Crippen LogP contribution >= 0.6 is 0 Å². The van der Waals surface area contributed by atoms with Crippen LogP contribution in [0.15, 0.2) is 28.8 Å². The number of halogens is 1. The molecule has 8 nitrogen and oxygen atoms in total. The van der Waals surface area contributed by atoms with Crippen molar-refractivity contribution in [3.8, 4) is 0 Å². The number of carbonyl (C=O) groups is 3. The second kappa shape index (κ2) is 7.56. The molecule has 2 atom stereocenters. The number of hydrogen-bond donors (Lipinski definition) is 2. The van der Waals surface area contributed by atoms with E-state index in [1.807, 2.05) is 0 Å². The Morgan fingerprint density at radius 1 is 1.44 bits per heavy atom. The van der Waals surface area contributed by atoms with Gasteiger partial charge in [0.1, 0.15) is 11.6 Å². The van der Waals surface area contributed by atoms with Crippen LogP contribution in [0.2, 0.25) is 0 Å². The van der Waals surface area contributed by atoms with Crippen LogP contribution in [0.1, 0.15) is 37.0 Å². The average molecular weight is 375 g/mol. The molecule has 9 heteroatoms.